The van der Waals surface area contributed by atoms with Crippen LogP contribution in [0.3, 0.4) is 0 Å². The maximum absolute atomic E-state index is 13.3. The second kappa shape index (κ2) is 10.6. The lowest BCUT2D eigenvalue weighted by molar-refractivity contribution is -0.117. The van der Waals surface area contributed by atoms with Gasteiger partial charge in [-0.15, -0.1) is 0 Å². The van der Waals surface area contributed by atoms with E-state index in [1.807, 2.05) is 43.3 Å². The summed E-state index contributed by atoms with van der Waals surface area (Å²) in [5.74, 6) is -0.187. The molecule has 1 N–H and O–H groups in total. The molecule has 1 atom stereocenters. The number of nitrogens with one attached hydrogen (secondary N) is 1. The van der Waals surface area contributed by atoms with Crippen LogP contribution in [-0.2, 0) is 11.4 Å². The molecule has 6 heteroatoms. The van der Waals surface area contributed by atoms with Crippen molar-refractivity contribution in [3.8, 4) is 11.8 Å². The van der Waals surface area contributed by atoms with Crippen molar-refractivity contribution in [3.63, 3.8) is 0 Å². The molecule has 0 bridgehead atoms. The van der Waals surface area contributed by atoms with Gasteiger partial charge in [-0.3, -0.25) is 4.79 Å². The van der Waals surface area contributed by atoms with Crippen molar-refractivity contribution in [2.75, 3.05) is 0 Å². The third-order valence-electron chi connectivity index (χ3n) is 4.56. The van der Waals surface area contributed by atoms with Crippen LogP contribution in [0.1, 0.15) is 29.7 Å². The van der Waals surface area contributed by atoms with Crippen LogP contribution in [0.2, 0.25) is 0 Å². The zero-order chi connectivity index (χ0) is 22.2. The van der Waals surface area contributed by atoms with Gasteiger partial charge >= 0.3 is 0 Å². The molecule has 0 radical (unpaired) electrons. The molecule has 3 aromatic carbocycles. The number of rotatable bonds is 7. The van der Waals surface area contributed by atoms with E-state index in [9.17, 15) is 14.4 Å². The first-order valence-corrected chi connectivity index (χ1v) is 10.4. The van der Waals surface area contributed by atoms with E-state index in [-0.39, 0.29) is 24.0 Å². The Labute approximate surface area is 189 Å². The second-order valence-corrected chi connectivity index (χ2v) is 7.74. The number of carbonyl (C=O) groups excluding carboxylic acids is 1. The van der Waals surface area contributed by atoms with E-state index in [1.165, 1.54) is 18.2 Å². The lowest BCUT2D eigenvalue weighted by atomic mass is 10.1. The highest BCUT2D eigenvalue weighted by molar-refractivity contribution is 9.10. The van der Waals surface area contributed by atoms with Crippen LogP contribution in [0, 0.1) is 17.1 Å². The van der Waals surface area contributed by atoms with Crippen LogP contribution in [-0.4, -0.2) is 5.91 Å². The number of nitriles is 1. The average Bonchev–Trinajstić information content (AvgIpc) is 2.77. The molecular weight excluding hydrogens is 459 g/mol. The van der Waals surface area contributed by atoms with E-state index in [2.05, 4.69) is 21.2 Å². The first-order chi connectivity index (χ1) is 15.0. The maximum Gasteiger partial charge on any atom is 0.262 e. The van der Waals surface area contributed by atoms with Crippen molar-refractivity contribution in [3.05, 3.63) is 105 Å². The molecule has 0 saturated heterocycles. The molecule has 0 aliphatic carbocycles. The van der Waals surface area contributed by atoms with Gasteiger partial charge in [-0.25, -0.2) is 4.39 Å². The Kier molecular flexibility index (Phi) is 7.58. The summed E-state index contributed by atoms with van der Waals surface area (Å²) in [6.07, 6.45) is 1.52. The van der Waals surface area contributed by atoms with Crippen LogP contribution in [0.4, 0.5) is 4.39 Å². The van der Waals surface area contributed by atoms with Gasteiger partial charge in [-0.2, -0.15) is 5.26 Å². The van der Waals surface area contributed by atoms with Crippen LogP contribution >= 0.6 is 15.9 Å². The lowest BCUT2D eigenvalue weighted by Crippen LogP contribution is -2.27. The standard InChI is InChI=1S/C25H20BrFN2O2/c1-17(20-7-3-2-4-8-20)29-25(30)21(15-28)12-18-10-11-24(23(26)14-18)31-16-19-6-5-9-22(27)13-19/h2-14,17H,16H2,1H3,(H,29,30)/b21-12-/t17-/m1/s1. The molecule has 1 amide bonds. The number of carbonyl (C=O) groups is 1. The molecule has 4 nitrogen and oxygen atoms in total. The van der Waals surface area contributed by atoms with Crippen molar-refractivity contribution in [2.24, 2.45) is 0 Å². The highest BCUT2D eigenvalue weighted by atomic mass is 79.9. The van der Waals surface area contributed by atoms with Crippen molar-refractivity contribution in [1.29, 1.82) is 5.26 Å². The largest absolute Gasteiger partial charge is 0.488 e. The molecular formula is C25H20BrFN2O2. The second-order valence-electron chi connectivity index (χ2n) is 6.88. The number of amides is 1. The van der Waals surface area contributed by atoms with E-state index in [0.717, 1.165) is 5.56 Å². The molecule has 0 aromatic heterocycles. The summed E-state index contributed by atoms with van der Waals surface area (Å²) in [6.45, 7) is 2.08. The Balaban J connectivity index is 1.68. The van der Waals surface area contributed by atoms with E-state index >= 15 is 0 Å². The number of halogens is 2. The number of nitrogens with zero attached hydrogens (tertiary/aromatic N) is 1. The molecule has 0 spiro atoms. The quantitative estimate of drug-likeness (QED) is 0.337. The zero-order valence-electron chi connectivity index (χ0n) is 16.8. The van der Waals surface area contributed by atoms with Crippen LogP contribution in [0.15, 0.2) is 82.8 Å². The van der Waals surface area contributed by atoms with Crippen LogP contribution in [0.5, 0.6) is 5.75 Å². The Morgan fingerprint density at radius 1 is 1.16 bits per heavy atom. The van der Waals surface area contributed by atoms with E-state index in [1.54, 1.807) is 30.3 Å². The number of hydrogen-bond donors (Lipinski definition) is 1. The third-order valence-corrected chi connectivity index (χ3v) is 5.18. The first kappa shape index (κ1) is 22.3. The summed E-state index contributed by atoms with van der Waals surface area (Å²) in [4.78, 5) is 12.5. The van der Waals surface area contributed by atoms with Gasteiger partial charge in [0.05, 0.1) is 10.5 Å². The highest BCUT2D eigenvalue weighted by Gasteiger charge is 2.14. The monoisotopic (exact) mass is 478 g/mol. The van der Waals surface area contributed by atoms with Gasteiger partial charge < -0.3 is 10.1 Å². The Bertz CT molecular complexity index is 1140. The SMILES string of the molecule is C[C@@H](NC(=O)/C(C#N)=C\c1ccc(OCc2cccc(F)c2)c(Br)c1)c1ccccc1. The van der Waals surface area contributed by atoms with Crippen molar-refractivity contribution >= 4 is 27.9 Å². The Morgan fingerprint density at radius 2 is 1.94 bits per heavy atom. The average molecular weight is 479 g/mol. The minimum absolute atomic E-state index is 0.00288. The van der Waals surface area contributed by atoms with Gasteiger partial charge in [0.25, 0.3) is 5.91 Å². The van der Waals surface area contributed by atoms with Crippen molar-refractivity contribution in [2.45, 2.75) is 19.6 Å². The van der Waals surface area contributed by atoms with Gasteiger partial charge in [0.15, 0.2) is 0 Å². The molecule has 3 aromatic rings. The van der Waals surface area contributed by atoms with E-state index < -0.39 is 5.91 Å². The fourth-order valence-corrected chi connectivity index (χ4v) is 3.44. The normalized spacial score (nSPS) is 12.0. The summed E-state index contributed by atoms with van der Waals surface area (Å²) in [5.41, 5.74) is 2.34. The van der Waals surface area contributed by atoms with Crippen LogP contribution < -0.4 is 10.1 Å². The van der Waals surface area contributed by atoms with Crippen LogP contribution in [0.25, 0.3) is 6.08 Å². The topological polar surface area (TPSA) is 62.1 Å². The van der Waals surface area contributed by atoms with Gasteiger partial charge in [0.1, 0.15) is 29.8 Å². The molecule has 0 unspecified atom stereocenters. The Morgan fingerprint density at radius 3 is 2.61 bits per heavy atom. The molecule has 0 heterocycles. The Hall–Kier alpha value is -3.43. The van der Waals surface area contributed by atoms with Gasteiger partial charge in [-0.05, 0) is 69.9 Å². The molecule has 0 fully saturated rings. The number of ether oxygens (including phenoxy) is 1. The summed E-state index contributed by atoms with van der Waals surface area (Å²) < 4.78 is 19.7. The minimum atomic E-state index is -0.443. The summed E-state index contributed by atoms with van der Waals surface area (Å²) >= 11 is 3.44. The summed E-state index contributed by atoms with van der Waals surface area (Å²) in [5, 5.41) is 12.3. The van der Waals surface area contributed by atoms with Crippen molar-refractivity contribution < 1.29 is 13.9 Å². The molecule has 0 aliphatic heterocycles. The lowest BCUT2D eigenvalue weighted by Gasteiger charge is -2.14. The van der Waals surface area contributed by atoms with Crippen molar-refractivity contribution in [1.82, 2.24) is 5.32 Å². The highest BCUT2D eigenvalue weighted by Crippen LogP contribution is 2.28. The summed E-state index contributed by atoms with van der Waals surface area (Å²) in [6, 6.07) is 22.7. The summed E-state index contributed by atoms with van der Waals surface area (Å²) in [7, 11) is 0. The zero-order valence-corrected chi connectivity index (χ0v) is 18.4. The molecule has 3 rings (SSSR count). The smallest absolute Gasteiger partial charge is 0.262 e. The van der Waals surface area contributed by atoms with E-state index in [0.29, 0.717) is 21.3 Å². The predicted octanol–water partition coefficient (Wildman–Crippen LogP) is 5.95. The van der Waals surface area contributed by atoms with Gasteiger partial charge in [-0.1, -0.05) is 48.5 Å². The fourth-order valence-electron chi connectivity index (χ4n) is 2.93. The number of benzene rings is 3. The molecule has 156 valence electrons. The van der Waals surface area contributed by atoms with Gasteiger partial charge in [0, 0.05) is 0 Å². The molecule has 31 heavy (non-hydrogen) atoms. The van der Waals surface area contributed by atoms with E-state index in [4.69, 9.17) is 4.74 Å². The van der Waals surface area contributed by atoms with Gasteiger partial charge in [0.2, 0.25) is 0 Å². The fraction of sp³-hybridized carbons (Fsp3) is 0.120. The molecule has 0 saturated carbocycles. The molecule has 0 aliphatic rings. The first-order valence-electron chi connectivity index (χ1n) is 9.60. The third kappa shape index (κ3) is 6.27. The maximum atomic E-state index is 13.3. The minimum Gasteiger partial charge on any atom is -0.488 e. The number of hydrogen-bond acceptors (Lipinski definition) is 3. The predicted molar refractivity (Wildman–Crippen MR) is 121 cm³/mol.